The van der Waals surface area contributed by atoms with Gasteiger partial charge in [0.15, 0.2) is 0 Å². The molecule has 0 aromatic heterocycles. The van der Waals surface area contributed by atoms with Crippen molar-refractivity contribution >= 4 is 27.9 Å². The third kappa shape index (κ3) is 4.18. The average molecular weight is 213 g/mol. The van der Waals surface area contributed by atoms with Gasteiger partial charge in [0.1, 0.15) is 11.3 Å². The predicted molar refractivity (Wildman–Crippen MR) is 49.8 cm³/mol. The number of hydrogen-bond donors (Lipinski definition) is 0. The zero-order chi connectivity index (χ0) is 9.61. The van der Waals surface area contributed by atoms with E-state index in [0.29, 0.717) is 6.61 Å². The zero-order valence-corrected chi connectivity index (χ0v) is 9.00. The first-order valence-corrected chi connectivity index (χ1v) is 5.18. The molecule has 0 rings (SSSR count). The van der Waals surface area contributed by atoms with Crippen molar-refractivity contribution in [1.29, 1.82) is 0 Å². The number of carbonyl (C=O) groups is 1. The summed E-state index contributed by atoms with van der Waals surface area (Å²) in [5, 5.41) is 0. The summed E-state index contributed by atoms with van der Waals surface area (Å²) in [7, 11) is 5.23. The van der Waals surface area contributed by atoms with Gasteiger partial charge in [0.05, 0.1) is 18.6 Å². The van der Waals surface area contributed by atoms with Crippen LogP contribution in [0.1, 0.15) is 20.8 Å². The van der Waals surface area contributed by atoms with Crippen LogP contribution < -0.4 is 0 Å². The van der Waals surface area contributed by atoms with Crippen LogP contribution in [0.5, 0.6) is 0 Å². The van der Waals surface area contributed by atoms with Gasteiger partial charge in [0.25, 0.3) is 0 Å². The summed E-state index contributed by atoms with van der Waals surface area (Å²) in [5.74, 6) is -0.268. The van der Waals surface area contributed by atoms with Crippen molar-refractivity contribution in [2.24, 2.45) is 5.41 Å². The summed E-state index contributed by atoms with van der Waals surface area (Å²) in [5.41, 5.74) is -0.627. The van der Waals surface area contributed by atoms with E-state index in [1.807, 2.05) is 0 Å². The molecule has 0 spiro atoms. The third-order valence-electron chi connectivity index (χ3n) is 1.29. The number of rotatable bonds is 5. The first-order chi connectivity index (χ1) is 5.54. The van der Waals surface area contributed by atoms with Crippen LogP contribution in [0.2, 0.25) is 0 Å². The fraction of sp³-hybridized carbons (Fsp3) is 0.857. The molecule has 0 unspecified atom stereocenters. The normalized spacial score (nSPS) is 11.3. The fourth-order valence-corrected chi connectivity index (χ4v) is 1.03. The van der Waals surface area contributed by atoms with Crippen molar-refractivity contribution in [3.8, 4) is 0 Å². The monoisotopic (exact) mass is 212 g/mol. The minimum absolute atomic E-state index is 0.250. The van der Waals surface area contributed by atoms with E-state index < -0.39 is 5.41 Å². The van der Waals surface area contributed by atoms with Crippen LogP contribution in [0.4, 0.5) is 0 Å². The summed E-state index contributed by atoms with van der Waals surface area (Å²) in [6.07, 6.45) is 0. The Balaban J connectivity index is 3.90. The second kappa shape index (κ2) is 5.67. The Morgan fingerprint density at radius 3 is 2.58 bits per heavy atom. The van der Waals surface area contributed by atoms with Crippen molar-refractivity contribution in [2.45, 2.75) is 20.8 Å². The molecule has 0 atom stereocenters. The number of hydrogen-bond acceptors (Lipinski definition) is 4. The molecule has 0 saturated heterocycles. The molecule has 0 bridgehead atoms. The van der Waals surface area contributed by atoms with E-state index in [9.17, 15) is 4.79 Å². The molecule has 0 aliphatic carbocycles. The van der Waals surface area contributed by atoms with Gasteiger partial charge in [-0.1, -0.05) is 0 Å². The molecular formula is C7H13ClO3S. The van der Waals surface area contributed by atoms with Crippen LogP contribution in [-0.2, 0) is 13.7 Å². The molecule has 12 heavy (non-hydrogen) atoms. The Morgan fingerprint density at radius 1 is 1.58 bits per heavy atom. The highest BCUT2D eigenvalue weighted by atomic mass is 35.7. The topological polar surface area (TPSA) is 35.5 Å². The molecule has 0 saturated carbocycles. The standard InChI is InChI=1S/C7H13ClO3S/c1-4-10-6(9)7(2,3)5-11-12-8/h4-5H2,1-3H3. The average Bonchev–Trinajstić information content (AvgIpc) is 2.01. The highest BCUT2D eigenvalue weighted by Gasteiger charge is 2.29. The van der Waals surface area contributed by atoms with Crippen molar-refractivity contribution in [1.82, 2.24) is 0 Å². The lowest BCUT2D eigenvalue weighted by molar-refractivity contribution is -0.154. The Morgan fingerprint density at radius 2 is 2.17 bits per heavy atom. The Kier molecular flexibility index (Phi) is 5.70. The van der Waals surface area contributed by atoms with Gasteiger partial charge in [-0.25, -0.2) is 0 Å². The van der Waals surface area contributed by atoms with Crippen LogP contribution in [0.25, 0.3) is 0 Å². The lowest BCUT2D eigenvalue weighted by Crippen LogP contribution is -2.30. The van der Waals surface area contributed by atoms with Crippen molar-refractivity contribution in [3.63, 3.8) is 0 Å². The van der Waals surface area contributed by atoms with Gasteiger partial charge in [-0.15, -0.1) is 0 Å². The van der Waals surface area contributed by atoms with Crippen LogP contribution in [0.3, 0.4) is 0 Å². The quantitative estimate of drug-likeness (QED) is 0.518. The molecule has 0 aromatic carbocycles. The number of ether oxygens (including phenoxy) is 1. The number of esters is 1. The van der Waals surface area contributed by atoms with E-state index in [4.69, 9.17) is 19.6 Å². The maximum Gasteiger partial charge on any atom is 0.313 e. The van der Waals surface area contributed by atoms with Crippen LogP contribution >= 0.6 is 21.9 Å². The van der Waals surface area contributed by atoms with Gasteiger partial charge in [0, 0.05) is 0 Å². The number of carbonyl (C=O) groups excluding carboxylic acids is 1. The van der Waals surface area contributed by atoms with Crippen LogP contribution in [0, 0.1) is 5.41 Å². The summed E-state index contributed by atoms with van der Waals surface area (Å²) in [6, 6.07) is 0. The molecule has 0 fully saturated rings. The molecule has 0 aliphatic heterocycles. The van der Waals surface area contributed by atoms with Gasteiger partial charge in [0.2, 0.25) is 0 Å². The zero-order valence-electron chi connectivity index (χ0n) is 7.43. The smallest absolute Gasteiger partial charge is 0.313 e. The number of halogens is 1. The summed E-state index contributed by atoms with van der Waals surface area (Å²) < 4.78 is 9.68. The Labute approximate surface area is 81.5 Å². The molecule has 0 aliphatic rings. The molecule has 5 heteroatoms. The van der Waals surface area contributed by atoms with Crippen LogP contribution in [-0.4, -0.2) is 19.2 Å². The van der Waals surface area contributed by atoms with Gasteiger partial charge in [-0.3, -0.25) is 8.98 Å². The Hall–Kier alpha value is 0.0700. The Bertz CT molecular complexity index is 150. The molecule has 0 N–H and O–H groups in total. The molecule has 72 valence electrons. The van der Waals surface area contributed by atoms with Gasteiger partial charge >= 0.3 is 5.97 Å². The molecule has 0 radical (unpaired) electrons. The van der Waals surface area contributed by atoms with Crippen LogP contribution in [0.15, 0.2) is 0 Å². The first-order valence-electron chi connectivity index (χ1n) is 3.62. The SMILES string of the molecule is CCOC(=O)C(C)(C)COSCl. The maximum absolute atomic E-state index is 11.2. The lowest BCUT2D eigenvalue weighted by Gasteiger charge is -2.20. The minimum Gasteiger partial charge on any atom is -0.466 e. The summed E-state index contributed by atoms with van der Waals surface area (Å²) in [4.78, 5) is 11.2. The van der Waals surface area contributed by atoms with Crippen molar-refractivity contribution in [3.05, 3.63) is 0 Å². The summed E-state index contributed by atoms with van der Waals surface area (Å²) >= 11 is 0.728. The highest BCUT2D eigenvalue weighted by molar-refractivity contribution is 8.17. The molecule has 0 amide bonds. The second-order valence-corrected chi connectivity index (χ2v) is 3.67. The van der Waals surface area contributed by atoms with E-state index in [-0.39, 0.29) is 12.6 Å². The lowest BCUT2D eigenvalue weighted by atomic mass is 9.95. The van der Waals surface area contributed by atoms with Gasteiger partial charge in [-0.05, 0) is 31.5 Å². The second-order valence-electron chi connectivity index (χ2n) is 2.93. The van der Waals surface area contributed by atoms with E-state index in [0.717, 1.165) is 11.3 Å². The van der Waals surface area contributed by atoms with Gasteiger partial charge in [-0.2, -0.15) is 0 Å². The first kappa shape index (κ1) is 12.1. The molecule has 0 heterocycles. The summed E-state index contributed by atoms with van der Waals surface area (Å²) in [6.45, 7) is 5.90. The molecular weight excluding hydrogens is 200 g/mol. The van der Waals surface area contributed by atoms with E-state index in [1.165, 1.54) is 0 Å². The van der Waals surface area contributed by atoms with Gasteiger partial charge < -0.3 is 4.74 Å². The van der Waals surface area contributed by atoms with E-state index in [1.54, 1.807) is 20.8 Å². The minimum atomic E-state index is -0.627. The largest absolute Gasteiger partial charge is 0.466 e. The van der Waals surface area contributed by atoms with Crippen molar-refractivity contribution in [2.75, 3.05) is 13.2 Å². The molecule has 0 aromatic rings. The fourth-order valence-electron chi connectivity index (χ4n) is 0.555. The van der Waals surface area contributed by atoms with E-state index >= 15 is 0 Å². The maximum atomic E-state index is 11.2. The van der Waals surface area contributed by atoms with Crippen molar-refractivity contribution < 1.29 is 13.7 Å². The van der Waals surface area contributed by atoms with E-state index in [2.05, 4.69) is 0 Å². The highest BCUT2D eigenvalue weighted by Crippen LogP contribution is 2.21. The predicted octanol–water partition coefficient (Wildman–Crippen LogP) is 2.39. The molecule has 3 nitrogen and oxygen atoms in total. The third-order valence-corrected chi connectivity index (χ3v) is 1.77.